The number of benzene rings is 1. The zero-order chi connectivity index (χ0) is 15.6. The van der Waals surface area contributed by atoms with Gasteiger partial charge in [0.05, 0.1) is 5.04 Å². The summed E-state index contributed by atoms with van der Waals surface area (Å²) in [6, 6.07) is 4.45. The van der Waals surface area contributed by atoms with E-state index in [0.29, 0.717) is 5.39 Å². The van der Waals surface area contributed by atoms with E-state index in [1.807, 2.05) is 0 Å². The molecule has 0 aliphatic carbocycles. The molecule has 0 saturated heterocycles. The fourth-order valence-corrected chi connectivity index (χ4v) is 2.81. The van der Waals surface area contributed by atoms with Gasteiger partial charge in [-0.25, -0.2) is 8.78 Å². The van der Waals surface area contributed by atoms with Gasteiger partial charge in [-0.15, -0.1) is 11.8 Å². The van der Waals surface area contributed by atoms with Crippen LogP contribution in [-0.4, -0.2) is 21.8 Å². The molecule has 0 aliphatic rings. The zero-order valence-electron chi connectivity index (χ0n) is 12.6. The Kier molecular flexibility index (Phi) is 4.61. The number of nitrogens with zero attached hydrogens (tertiary/aromatic N) is 2. The fraction of sp³-hybridized carbons (Fsp3) is 0.375. The predicted molar refractivity (Wildman–Crippen MR) is 86.1 cm³/mol. The number of halogens is 2. The fourth-order valence-electron chi connectivity index (χ4n) is 1.83. The second-order valence-corrected chi connectivity index (χ2v) is 7.10. The summed E-state index contributed by atoms with van der Waals surface area (Å²) in [5.74, 6) is -1.79. The van der Waals surface area contributed by atoms with Crippen LogP contribution >= 0.6 is 11.8 Å². The highest BCUT2D eigenvalue weighted by atomic mass is 32.2. The van der Waals surface area contributed by atoms with Crippen molar-refractivity contribution in [2.24, 2.45) is 4.99 Å². The zero-order valence-corrected chi connectivity index (χ0v) is 13.4. The van der Waals surface area contributed by atoms with E-state index in [1.165, 1.54) is 6.07 Å². The molecule has 1 aromatic carbocycles. The molecule has 0 amide bonds. The van der Waals surface area contributed by atoms with Crippen molar-refractivity contribution in [2.75, 3.05) is 7.05 Å². The summed E-state index contributed by atoms with van der Waals surface area (Å²) < 4.78 is 26.9. The molecule has 0 N–H and O–H groups in total. The highest BCUT2D eigenvalue weighted by Gasteiger charge is 2.20. The van der Waals surface area contributed by atoms with Crippen LogP contribution in [0.5, 0.6) is 0 Å². The maximum absolute atomic E-state index is 13.7. The van der Waals surface area contributed by atoms with Crippen molar-refractivity contribution in [1.82, 2.24) is 4.98 Å². The van der Waals surface area contributed by atoms with Crippen molar-refractivity contribution >= 4 is 27.7 Å². The van der Waals surface area contributed by atoms with E-state index in [9.17, 15) is 8.78 Å². The minimum atomic E-state index is -0.907. The van der Waals surface area contributed by atoms with Crippen LogP contribution < -0.4 is 0 Å². The predicted octanol–water partition coefficient (Wildman–Crippen LogP) is 4.81. The van der Waals surface area contributed by atoms with Crippen LogP contribution in [0.25, 0.3) is 10.9 Å². The maximum Gasteiger partial charge on any atom is 0.184 e. The monoisotopic (exact) mass is 308 g/mol. The highest BCUT2D eigenvalue weighted by molar-refractivity contribution is 8.15. The molecule has 0 saturated carbocycles. The van der Waals surface area contributed by atoms with Gasteiger partial charge in [-0.1, -0.05) is 20.8 Å². The molecule has 0 aliphatic heterocycles. The number of rotatable bonds is 3. The van der Waals surface area contributed by atoms with Crippen molar-refractivity contribution in [1.29, 1.82) is 0 Å². The number of pyridine rings is 1. The van der Waals surface area contributed by atoms with Crippen molar-refractivity contribution in [3.63, 3.8) is 0 Å². The molecule has 0 fully saturated rings. The van der Waals surface area contributed by atoms with Crippen LogP contribution in [0.15, 0.2) is 29.4 Å². The summed E-state index contributed by atoms with van der Waals surface area (Å²) in [7, 11) is 1.73. The Labute approximate surface area is 127 Å². The summed E-state index contributed by atoms with van der Waals surface area (Å²) in [5, 5.41) is 1.42. The van der Waals surface area contributed by atoms with Crippen LogP contribution in [0.2, 0.25) is 0 Å². The average molecular weight is 308 g/mol. The Balaban J connectivity index is 2.45. The van der Waals surface area contributed by atoms with Crippen molar-refractivity contribution in [2.45, 2.75) is 31.9 Å². The molecular formula is C16H18F2N2S. The van der Waals surface area contributed by atoms with Crippen molar-refractivity contribution in [3.8, 4) is 0 Å². The molecule has 0 bridgehead atoms. The molecule has 5 heteroatoms. The molecule has 2 nitrogen and oxygen atoms in total. The third kappa shape index (κ3) is 3.40. The number of aromatic nitrogens is 1. The third-order valence-corrected chi connectivity index (χ3v) is 4.87. The Hall–Kier alpha value is -1.49. The highest BCUT2D eigenvalue weighted by Crippen LogP contribution is 2.32. The molecule has 0 spiro atoms. The van der Waals surface area contributed by atoms with Gasteiger partial charge in [-0.3, -0.25) is 9.98 Å². The van der Waals surface area contributed by atoms with Gasteiger partial charge >= 0.3 is 0 Å². The minimum absolute atomic E-state index is 0.0500. The number of hydrogen-bond donors (Lipinski definition) is 0. The first-order valence-corrected chi connectivity index (χ1v) is 7.59. The molecule has 0 unspecified atom stereocenters. The van der Waals surface area contributed by atoms with Gasteiger partial charge in [0.25, 0.3) is 0 Å². The number of thioether (sulfide) groups is 1. The second-order valence-electron chi connectivity index (χ2n) is 5.40. The Morgan fingerprint density at radius 2 is 2.05 bits per heavy atom. The van der Waals surface area contributed by atoms with Crippen LogP contribution in [0.3, 0.4) is 0 Å². The van der Waals surface area contributed by atoms with Crippen molar-refractivity contribution in [3.05, 3.63) is 41.6 Å². The third-order valence-electron chi connectivity index (χ3n) is 3.42. The topological polar surface area (TPSA) is 25.2 Å². The summed E-state index contributed by atoms with van der Waals surface area (Å²) in [6.07, 6.45) is 2.55. The lowest BCUT2D eigenvalue weighted by atomic mass is 10.1. The van der Waals surface area contributed by atoms with E-state index < -0.39 is 11.6 Å². The first kappa shape index (κ1) is 15.9. The standard InChI is InChI=1S/C16H18F2N2S/c1-5-16(2,3)21-15(19-4)11-8-10-6-7-12(17)13(18)14(10)20-9-11/h6-9H,5H2,1-4H3. The van der Waals surface area contributed by atoms with Gasteiger partial charge in [-0.2, -0.15) is 0 Å². The van der Waals surface area contributed by atoms with Crippen molar-refractivity contribution < 1.29 is 8.78 Å². The van der Waals surface area contributed by atoms with Gasteiger partial charge in [0.1, 0.15) is 5.52 Å². The lowest BCUT2D eigenvalue weighted by Gasteiger charge is -2.22. The maximum atomic E-state index is 13.7. The minimum Gasteiger partial charge on any atom is -0.281 e. The largest absolute Gasteiger partial charge is 0.281 e. The van der Waals surface area contributed by atoms with Gasteiger partial charge in [0, 0.05) is 28.9 Å². The molecule has 1 heterocycles. The van der Waals surface area contributed by atoms with Crippen LogP contribution in [0.4, 0.5) is 8.78 Å². The molecule has 112 valence electrons. The first-order chi connectivity index (χ1) is 9.88. The van der Waals surface area contributed by atoms with E-state index in [1.54, 1.807) is 31.1 Å². The van der Waals surface area contributed by atoms with Gasteiger partial charge in [0.2, 0.25) is 0 Å². The summed E-state index contributed by atoms with van der Waals surface area (Å²) >= 11 is 1.66. The first-order valence-electron chi connectivity index (χ1n) is 6.78. The number of aliphatic imine (C=N–C) groups is 1. The summed E-state index contributed by atoms with van der Waals surface area (Å²) in [5.41, 5.74) is 0.872. The average Bonchev–Trinajstić information content (AvgIpc) is 2.48. The molecule has 0 radical (unpaired) electrons. The van der Waals surface area contributed by atoms with E-state index in [2.05, 4.69) is 30.7 Å². The summed E-state index contributed by atoms with van der Waals surface area (Å²) in [4.78, 5) is 8.37. The molecule has 2 rings (SSSR count). The SMILES string of the molecule is CCC(C)(C)SC(=NC)c1cnc2c(F)c(F)ccc2c1. The van der Waals surface area contributed by atoms with Crippen LogP contribution in [0.1, 0.15) is 32.8 Å². The second kappa shape index (κ2) is 6.10. The van der Waals surface area contributed by atoms with E-state index in [0.717, 1.165) is 23.1 Å². The smallest absolute Gasteiger partial charge is 0.184 e. The Morgan fingerprint density at radius 3 is 2.67 bits per heavy atom. The molecule has 21 heavy (non-hydrogen) atoms. The molecule has 0 atom stereocenters. The normalized spacial score (nSPS) is 13.0. The van der Waals surface area contributed by atoms with E-state index >= 15 is 0 Å². The molecule has 2 aromatic rings. The molecule has 1 aromatic heterocycles. The Morgan fingerprint density at radius 1 is 1.33 bits per heavy atom. The Bertz CT molecular complexity index is 696. The summed E-state index contributed by atoms with van der Waals surface area (Å²) in [6.45, 7) is 6.41. The van der Waals surface area contributed by atoms with Gasteiger partial charge in [-0.05, 0) is 24.6 Å². The number of fused-ring (bicyclic) bond motifs is 1. The molecular weight excluding hydrogens is 290 g/mol. The van der Waals surface area contributed by atoms with Gasteiger partial charge < -0.3 is 0 Å². The quantitative estimate of drug-likeness (QED) is 0.600. The van der Waals surface area contributed by atoms with Crippen LogP contribution in [-0.2, 0) is 0 Å². The lowest BCUT2D eigenvalue weighted by molar-refractivity contribution is 0.515. The van der Waals surface area contributed by atoms with Gasteiger partial charge in [0.15, 0.2) is 11.6 Å². The lowest BCUT2D eigenvalue weighted by Crippen LogP contribution is -2.16. The van der Waals surface area contributed by atoms with E-state index in [4.69, 9.17) is 0 Å². The van der Waals surface area contributed by atoms with E-state index in [-0.39, 0.29) is 10.3 Å². The van der Waals surface area contributed by atoms with Crippen LogP contribution in [0, 0.1) is 11.6 Å². The number of hydrogen-bond acceptors (Lipinski definition) is 3.